The van der Waals surface area contributed by atoms with E-state index in [-0.39, 0.29) is 11.1 Å². The molecule has 0 unspecified atom stereocenters. The molecule has 2 heterocycles. The van der Waals surface area contributed by atoms with E-state index in [4.69, 9.17) is 4.74 Å². The Morgan fingerprint density at radius 1 is 1.06 bits per heavy atom. The Kier molecular flexibility index (Phi) is 4.35. The highest BCUT2D eigenvalue weighted by atomic mass is 16.5. The van der Waals surface area contributed by atoms with E-state index in [0.717, 1.165) is 19.1 Å². The highest BCUT2D eigenvalue weighted by Gasteiger charge is 2.37. The minimum atomic E-state index is 0.245. The summed E-state index contributed by atoms with van der Waals surface area (Å²) < 4.78 is 5.42. The quantitative estimate of drug-likeness (QED) is 0.811. The molecule has 0 aromatic heterocycles. The molecule has 0 aromatic carbocycles. The van der Waals surface area contributed by atoms with Crippen LogP contribution >= 0.6 is 0 Å². The number of ether oxygens (including phenoxy) is 1. The van der Waals surface area contributed by atoms with Crippen molar-refractivity contribution in [2.45, 2.75) is 70.5 Å². The van der Waals surface area contributed by atoms with Crippen LogP contribution in [-0.4, -0.2) is 36.9 Å². The van der Waals surface area contributed by atoms with Gasteiger partial charge in [0.1, 0.15) is 0 Å². The summed E-state index contributed by atoms with van der Waals surface area (Å²) in [4.78, 5) is 0. The zero-order valence-corrected chi connectivity index (χ0v) is 12.5. The van der Waals surface area contributed by atoms with E-state index in [9.17, 15) is 0 Å². The van der Waals surface area contributed by atoms with Crippen LogP contribution in [0, 0.1) is 5.92 Å². The van der Waals surface area contributed by atoms with Crippen molar-refractivity contribution in [1.29, 1.82) is 0 Å². The molecular formula is C15H30N2O. The molecule has 0 amide bonds. The first-order chi connectivity index (χ1) is 8.36. The van der Waals surface area contributed by atoms with Crippen LogP contribution in [0.4, 0.5) is 0 Å². The Hall–Kier alpha value is -0.120. The summed E-state index contributed by atoms with van der Waals surface area (Å²) in [6.07, 6.45) is 4.90. The van der Waals surface area contributed by atoms with Gasteiger partial charge in [-0.15, -0.1) is 0 Å². The van der Waals surface area contributed by atoms with Crippen LogP contribution in [-0.2, 0) is 4.74 Å². The van der Waals surface area contributed by atoms with Gasteiger partial charge in [-0.05, 0) is 65.8 Å². The number of hydrogen-bond acceptors (Lipinski definition) is 3. The second-order valence-electron chi connectivity index (χ2n) is 7.46. The van der Waals surface area contributed by atoms with Crippen molar-refractivity contribution in [3.8, 4) is 0 Å². The van der Waals surface area contributed by atoms with E-state index in [1.807, 2.05) is 0 Å². The van der Waals surface area contributed by atoms with Crippen LogP contribution in [0.5, 0.6) is 0 Å². The lowest BCUT2D eigenvalue weighted by atomic mass is 9.79. The van der Waals surface area contributed by atoms with Gasteiger partial charge in [0.2, 0.25) is 0 Å². The summed E-state index contributed by atoms with van der Waals surface area (Å²) in [5.74, 6) is 0.819. The van der Waals surface area contributed by atoms with Gasteiger partial charge >= 0.3 is 0 Å². The largest absolute Gasteiger partial charge is 0.381 e. The summed E-state index contributed by atoms with van der Waals surface area (Å²) >= 11 is 0. The van der Waals surface area contributed by atoms with Crippen molar-refractivity contribution in [3.05, 3.63) is 0 Å². The van der Waals surface area contributed by atoms with E-state index >= 15 is 0 Å². The fourth-order valence-corrected chi connectivity index (χ4v) is 3.75. The molecule has 2 aliphatic rings. The Labute approximate surface area is 112 Å². The summed E-state index contributed by atoms with van der Waals surface area (Å²) in [5.41, 5.74) is 0.490. The van der Waals surface area contributed by atoms with E-state index in [1.165, 1.54) is 32.2 Å². The van der Waals surface area contributed by atoms with E-state index < -0.39 is 0 Å². The summed E-state index contributed by atoms with van der Waals surface area (Å²) in [6.45, 7) is 12.3. The van der Waals surface area contributed by atoms with Gasteiger partial charge in [-0.25, -0.2) is 0 Å². The molecule has 2 saturated heterocycles. The van der Waals surface area contributed by atoms with E-state index in [2.05, 4.69) is 38.3 Å². The molecule has 0 bridgehead atoms. The Morgan fingerprint density at radius 3 is 2.17 bits per heavy atom. The first-order valence-electron chi connectivity index (χ1n) is 7.47. The highest BCUT2D eigenvalue weighted by Crippen LogP contribution is 2.28. The Morgan fingerprint density at radius 2 is 1.61 bits per heavy atom. The smallest absolute Gasteiger partial charge is 0.0469 e. The van der Waals surface area contributed by atoms with Gasteiger partial charge < -0.3 is 15.4 Å². The van der Waals surface area contributed by atoms with Gasteiger partial charge in [-0.1, -0.05) is 0 Å². The number of piperidine rings is 1. The van der Waals surface area contributed by atoms with Crippen molar-refractivity contribution in [3.63, 3.8) is 0 Å². The summed E-state index contributed by atoms with van der Waals surface area (Å²) in [5, 5.41) is 7.55. The van der Waals surface area contributed by atoms with Gasteiger partial charge in [-0.3, -0.25) is 0 Å². The number of rotatable bonds is 3. The lowest BCUT2D eigenvalue weighted by molar-refractivity contribution is 0.0625. The standard InChI is InChI=1S/C15H30N2O/c1-14(2)9-13(10-15(3,4)17-14)16-11-12-5-7-18-8-6-12/h12-13,16-17H,5-11H2,1-4H3. The highest BCUT2D eigenvalue weighted by molar-refractivity contribution is 4.99. The van der Waals surface area contributed by atoms with Crippen LogP contribution in [0.3, 0.4) is 0 Å². The lowest BCUT2D eigenvalue weighted by Gasteiger charge is -2.47. The van der Waals surface area contributed by atoms with Crippen LogP contribution in [0.2, 0.25) is 0 Å². The van der Waals surface area contributed by atoms with Crippen LogP contribution in [0.25, 0.3) is 0 Å². The van der Waals surface area contributed by atoms with Crippen molar-refractivity contribution < 1.29 is 4.74 Å². The third kappa shape index (κ3) is 4.22. The lowest BCUT2D eigenvalue weighted by Crippen LogP contribution is -2.61. The molecule has 3 heteroatoms. The molecule has 18 heavy (non-hydrogen) atoms. The number of hydrogen-bond donors (Lipinski definition) is 2. The monoisotopic (exact) mass is 254 g/mol. The van der Waals surface area contributed by atoms with Crippen molar-refractivity contribution in [2.24, 2.45) is 5.92 Å². The van der Waals surface area contributed by atoms with Gasteiger partial charge in [0, 0.05) is 30.3 Å². The minimum Gasteiger partial charge on any atom is -0.381 e. The van der Waals surface area contributed by atoms with Gasteiger partial charge in [0.25, 0.3) is 0 Å². The predicted octanol–water partition coefficient (Wildman–Crippen LogP) is 2.31. The molecule has 0 aliphatic carbocycles. The van der Waals surface area contributed by atoms with Gasteiger partial charge in [0.15, 0.2) is 0 Å². The molecule has 106 valence electrons. The molecular weight excluding hydrogens is 224 g/mol. The maximum Gasteiger partial charge on any atom is 0.0469 e. The van der Waals surface area contributed by atoms with Crippen molar-refractivity contribution in [2.75, 3.05) is 19.8 Å². The minimum absolute atomic E-state index is 0.245. The fraction of sp³-hybridized carbons (Fsp3) is 1.00. The maximum absolute atomic E-state index is 5.42. The molecule has 0 aromatic rings. The molecule has 0 radical (unpaired) electrons. The first-order valence-corrected chi connectivity index (χ1v) is 7.47. The third-order valence-corrected chi connectivity index (χ3v) is 4.23. The normalized spacial score (nSPS) is 29.3. The molecule has 0 saturated carbocycles. The van der Waals surface area contributed by atoms with Crippen LogP contribution in [0.15, 0.2) is 0 Å². The Bertz CT molecular complexity index is 254. The fourth-order valence-electron chi connectivity index (χ4n) is 3.75. The second-order valence-corrected chi connectivity index (χ2v) is 7.46. The van der Waals surface area contributed by atoms with E-state index in [0.29, 0.717) is 6.04 Å². The van der Waals surface area contributed by atoms with Gasteiger partial charge in [-0.2, -0.15) is 0 Å². The summed E-state index contributed by atoms with van der Waals surface area (Å²) in [7, 11) is 0. The predicted molar refractivity (Wildman–Crippen MR) is 75.9 cm³/mol. The molecule has 0 atom stereocenters. The third-order valence-electron chi connectivity index (χ3n) is 4.23. The Balaban J connectivity index is 1.81. The zero-order valence-electron chi connectivity index (χ0n) is 12.5. The second kappa shape index (κ2) is 5.48. The first kappa shape index (κ1) is 14.3. The van der Waals surface area contributed by atoms with Crippen molar-refractivity contribution >= 4 is 0 Å². The molecule has 2 fully saturated rings. The molecule has 0 spiro atoms. The van der Waals surface area contributed by atoms with Crippen LogP contribution in [0.1, 0.15) is 53.4 Å². The summed E-state index contributed by atoms with van der Waals surface area (Å²) in [6, 6.07) is 0.652. The number of nitrogens with one attached hydrogen (secondary N) is 2. The molecule has 2 rings (SSSR count). The molecule has 2 N–H and O–H groups in total. The zero-order chi connectivity index (χ0) is 13.2. The molecule has 3 nitrogen and oxygen atoms in total. The maximum atomic E-state index is 5.42. The SMILES string of the molecule is CC1(C)CC(NCC2CCOCC2)CC(C)(C)N1. The van der Waals surface area contributed by atoms with E-state index in [1.54, 1.807) is 0 Å². The van der Waals surface area contributed by atoms with Crippen molar-refractivity contribution in [1.82, 2.24) is 10.6 Å². The average Bonchev–Trinajstić information content (AvgIpc) is 2.24. The topological polar surface area (TPSA) is 33.3 Å². The van der Waals surface area contributed by atoms with Crippen LogP contribution < -0.4 is 10.6 Å². The average molecular weight is 254 g/mol. The molecule has 2 aliphatic heterocycles. The van der Waals surface area contributed by atoms with Gasteiger partial charge in [0.05, 0.1) is 0 Å².